The van der Waals surface area contributed by atoms with E-state index in [9.17, 15) is 9.59 Å². The molecule has 1 heterocycles. The molecule has 5 nitrogen and oxygen atoms in total. The van der Waals surface area contributed by atoms with Gasteiger partial charge in [-0.05, 0) is 63.6 Å². The average molecular weight is 346 g/mol. The number of anilines is 1. The third kappa shape index (κ3) is 4.80. The second-order valence-electron chi connectivity index (χ2n) is 6.55. The fourth-order valence-corrected chi connectivity index (χ4v) is 2.29. The van der Waals surface area contributed by atoms with E-state index in [2.05, 4.69) is 15.6 Å². The number of nitrogens with one attached hydrogen (secondary N) is 2. The number of pyridine rings is 1. The summed E-state index contributed by atoms with van der Waals surface area (Å²) in [7, 11) is 0. The van der Waals surface area contributed by atoms with Crippen molar-refractivity contribution in [2.24, 2.45) is 0 Å². The molecule has 1 aromatic carbocycles. The molecule has 2 amide bonds. The molecule has 126 valence electrons. The highest BCUT2D eigenvalue weighted by Gasteiger charge is 2.18. The van der Waals surface area contributed by atoms with Gasteiger partial charge >= 0.3 is 0 Å². The molecule has 0 aliphatic heterocycles. The minimum atomic E-state index is -0.378. The maximum Gasteiger partial charge on any atom is 0.270 e. The van der Waals surface area contributed by atoms with Crippen LogP contribution in [0, 0.1) is 6.92 Å². The van der Waals surface area contributed by atoms with Crippen molar-refractivity contribution in [1.82, 2.24) is 10.3 Å². The third-order valence-electron chi connectivity index (χ3n) is 3.18. The molecule has 2 rings (SSSR count). The lowest BCUT2D eigenvalue weighted by Gasteiger charge is -2.20. The van der Waals surface area contributed by atoms with E-state index in [0.717, 1.165) is 5.56 Å². The van der Waals surface area contributed by atoms with Gasteiger partial charge in [-0.1, -0.05) is 11.6 Å². The molecule has 0 saturated heterocycles. The first-order chi connectivity index (χ1) is 11.2. The van der Waals surface area contributed by atoms with Crippen LogP contribution in [0.5, 0.6) is 0 Å². The Bertz CT molecular complexity index is 782. The van der Waals surface area contributed by atoms with E-state index >= 15 is 0 Å². The van der Waals surface area contributed by atoms with Gasteiger partial charge in [0, 0.05) is 28.0 Å². The lowest BCUT2D eigenvalue weighted by molar-refractivity contribution is 0.0914. The Hall–Kier alpha value is -2.40. The largest absolute Gasteiger partial charge is 0.346 e. The van der Waals surface area contributed by atoms with Crippen LogP contribution in [-0.4, -0.2) is 22.3 Å². The van der Waals surface area contributed by atoms with Crippen molar-refractivity contribution in [3.05, 3.63) is 58.4 Å². The van der Waals surface area contributed by atoms with Crippen LogP contribution < -0.4 is 10.6 Å². The quantitative estimate of drug-likeness (QED) is 0.888. The van der Waals surface area contributed by atoms with Gasteiger partial charge in [0.15, 0.2) is 0 Å². The monoisotopic (exact) mass is 345 g/mol. The number of hydrogen-bond acceptors (Lipinski definition) is 3. The van der Waals surface area contributed by atoms with Gasteiger partial charge in [0.05, 0.1) is 0 Å². The highest BCUT2D eigenvalue weighted by atomic mass is 35.5. The zero-order chi connectivity index (χ0) is 17.9. The number of nitrogens with zero attached hydrogens (tertiary/aromatic N) is 1. The molecule has 6 heteroatoms. The number of aryl methyl sites for hydroxylation is 1. The number of aromatic nitrogens is 1. The number of hydrogen-bond donors (Lipinski definition) is 2. The van der Waals surface area contributed by atoms with E-state index in [0.29, 0.717) is 16.3 Å². The van der Waals surface area contributed by atoms with Crippen molar-refractivity contribution in [3.63, 3.8) is 0 Å². The van der Waals surface area contributed by atoms with Gasteiger partial charge in [-0.25, -0.2) is 0 Å². The molecule has 0 fully saturated rings. The van der Waals surface area contributed by atoms with Crippen molar-refractivity contribution in [3.8, 4) is 0 Å². The number of benzene rings is 1. The fourth-order valence-electron chi connectivity index (χ4n) is 2.06. The van der Waals surface area contributed by atoms with E-state index < -0.39 is 0 Å². The SMILES string of the molecule is Cc1cc(Cl)ccc1NC(=O)c1ccnc(C(=O)NC(C)(C)C)c1. The number of amides is 2. The molecule has 0 aliphatic carbocycles. The summed E-state index contributed by atoms with van der Waals surface area (Å²) in [4.78, 5) is 28.6. The summed E-state index contributed by atoms with van der Waals surface area (Å²) in [6, 6.07) is 8.25. The third-order valence-corrected chi connectivity index (χ3v) is 3.42. The fraction of sp³-hybridized carbons (Fsp3) is 0.278. The maximum atomic E-state index is 12.4. The van der Waals surface area contributed by atoms with Crippen LogP contribution in [-0.2, 0) is 0 Å². The van der Waals surface area contributed by atoms with Crippen molar-refractivity contribution in [2.75, 3.05) is 5.32 Å². The van der Waals surface area contributed by atoms with Crippen molar-refractivity contribution < 1.29 is 9.59 Å². The van der Waals surface area contributed by atoms with Crippen molar-refractivity contribution >= 4 is 29.1 Å². The Balaban J connectivity index is 2.18. The van der Waals surface area contributed by atoms with Gasteiger partial charge < -0.3 is 10.6 Å². The zero-order valence-corrected chi connectivity index (χ0v) is 14.9. The lowest BCUT2D eigenvalue weighted by Crippen LogP contribution is -2.41. The maximum absolute atomic E-state index is 12.4. The van der Waals surface area contributed by atoms with Crippen molar-refractivity contribution in [2.45, 2.75) is 33.2 Å². The molecule has 2 N–H and O–H groups in total. The van der Waals surface area contributed by atoms with Crippen LogP contribution in [0.15, 0.2) is 36.5 Å². The molecular weight excluding hydrogens is 326 g/mol. The second kappa shape index (κ2) is 7.01. The summed E-state index contributed by atoms with van der Waals surface area (Å²) in [6.45, 7) is 7.50. The van der Waals surface area contributed by atoms with Crippen LogP contribution >= 0.6 is 11.6 Å². The van der Waals surface area contributed by atoms with E-state index in [1.165, 1.54) is 12.3 Å². The number of halogens is 1. The molecule has 0 saturated carbocycles. The topological polar surface area (TPSA) is 71.1 Å². The first kappa shape index (κ1) is 17.9. The highest BCUT2D eigenvalue weighted by molar-refractivity contribution is 6.30. The van der Waals surface area contributed by atoms with Crippen LogP contribution in [0.25, 0.3) is 0 Å². The molecule has 0 spiro atoms. The Morgan fingerprint density at radius 1 is 1.08 bits per heavy atom. The minimum Gasteiger partial charge on any atom is -0.346 e. The Morgan fingerprint density at radius 3 is 2.42 bits per heavy atom. The van der Waals surface area contributed by atoms with Gasteiger partial charge in [0.25, 0.3) is 11.8 Å². The van der Waals surface area contributed by atoms with Gasteiger partial charge in [-0.3, -0.25) is 14.6 Å². The normalized spacial score (nSPS) is 11.0. The summed E-state index contributed by atoms with van der Waals surface area (Å²) in [5, 5.41) is 6.24. The smallest absolute Gasteiger partial charge is 0.270 e. The standard InChI is InChI=1S/C18H20ClN3O2/c1-11-9-13(19)5-6-14(11)21-16(23)12-7-8-20-15(10-12)17(24)22-18(2,3)4/h5-10H,1-4H3,(H,21,23)(H,22,24). The number of carbonyl (C=O) groups excluding carboxylic acids is 2. The Labute approximate surface area is 146 Å². The molecule has 0 unspecified atom stereocenters. The zero-order valence-electron chi connectivity index (χ0n) is 14.1. The summed E-state index contributed by atoms with van der Waals surface area (Å²) in [6.07, 6.45) is 1.45. The summed E-state index contributed by atoms with van der Waals surface area (Å²) in [5.74, 6) is -0.632. The van der Waals surface area contributed by atoms with Gasteiger partial charge in [-0.15, -0.1) is 0 Å². The minimum absolute atomic E-state index is 0.199. The van der Waals surface area contributed by atoms with Crippen molar-refractivity contribution in [1.29, 1.82) is 0 Å². The van der Waals surface area contributed by atoms with E-state index in [1.54, 1.807) is 24.3 Å². The predicted octanol–water partition coefficient (Wildman–Crippen LogP) is 3.82. The van der Waals surface area contributed by atoms with Crippen LogP contribution in [0.2, 0.25) is 5.02 Å². The molecule has 0 radical (unpaired) electrons. The first-order valence-electron chi connectivity index (χ1n) is 7.52. The number of carbonyl (C=O) groups is 2. The molecule has 24 heavy (non-hydrogen) atoms. The van der Waals surface area contributed by atoms with Crippen LogP contribution in [0.4, 0.5) is 5.69 Å². The van der Waals surface area contributed by atoms with E-state index in [1.807, 2.05) is 27.7 Å². The lowest BCUT2D eigenvalue weighted by atomic mass is 10.1. The molecule has 2 aromatic rings. The summed E-state index contributed by atoms with van der Waals surface area (Å²) >= 11 is 5.91. The van der Waals surface area contributed by atoms with Gasteiger partial charge in [0.2, 0.25) is 0 Å². The Morgan fingerprint density at radius 2 is 1.79 bits per heavy atom. The average Bonchev–Trinajstić information content (AvgIpc) is 2.48. The molecule has 0 aliphatic rings. The van der Waals surface area contributed by atoms with Gasteiger partial charge in [0.1, 0.15) is 5.69 Å². The first-order valence-corrected chi connectivity index (χ1v) is 7.89. The molecule has 1 aromatic heterocycles. The van der Waals surface area contributed by atoms with Crippen LogP contribution in [0.1, 0.15) is 47.2 Å². The molecular formula is C18H20ClN3O2. The molecule has 0 bridgehead atoms. The van der Waals surface area contributed by atoms with E-state index in [4.69, 9.17) is 11.6 Å². The summed E-state index contributed by atoms with van der Waals surface area (Å²) < 4.78 is 0. The van der Waals surface area contributed by atoms with Crippen LogP contribution in [0.3, 0.4) is 0 Å². The Kier molecular flexibility index (Phi) is 5.24. The second-order valence-corrected chi connectivity index (χ2v) is 6.98. The predicted molar refractivity (Wildman–Crippen MR) is 95.6 cm³/mol. The molecule has 0 atom stereocenters. The van der Waals surface area contributed by atoms with E-state index in [-0.39, 0.29) is 23.0 Å². The van der Waals surface area contributed by atoms with Gasteiger partial charge in [-0.2, -0.15) is 0 Å². The number of rotatable bonds is 3. The highest BCUT2D eigenvalue weighted by Crippen LogP contribution is 2.20. The summed E-state index contributed by atoms with van der Waals surface area (Å²) in [5.41, 5.74) is 1.71.